The Kier molecular flexibility index (Phi) is 3.21. The summed E-state index contributed by atoms with van der Waals surface area (Å²) >= 11 is 8.21. The van der Waals surface area contributed by atoms with Crippen molar-refractivity contribution in [1.82, 2.24) is 10.6 Å². The second-order valence-electron chi connectivity index (χ2n) is 3.66. The Labute approximate surface area is 112 Å². The number of rotatable bonds is 2. The molecule has 5 nitrogen and oxygen atoms in total. The van der Waals surface area contributed by atoms with Gasteiger partial charge in [-0.05, 0) is 28.1 Å². The average molecular weight is 316 g/mol. The molecule has 0 saturated carbocycles. The van der Waals surface area contributed by atoms with Crippen LogP contribution in [0.4, 0.5) is 5.88 Å². The van der Waals surface area contributed by atoms with Crippen molar-refractivity contribution in [1.29, 1.82) is 0 Å². The standard InChI is InChI=1S/C10H10BrN3O2S/c1-14(2)9-6(11)3-5(16-9)4-7-8(15)13-10(17)12-7/h3-4H,1-2H3,(H2,12,13,15,17). The van der Waals surface area contributed by atoms with Gasteiger partial charge in [0.05, 0.1) is 4.47 Å². The fraction of sp³-hybridized carbons (Fsp3) is 0.200. The molecule has 17 heavy (non-hydrogen) atoms. The zero-order valence-corrected chi connectivity index (χ0v) is 11.6. The van der Waals surface area contributed by atoms with Gasteiger partial charge in [0.15, 0.2) is 5.11 Å². The van der Waals surface area contributed by atoms with Crippen molar-refractivity contribution in [2.45, 2.75) is 0 Å². The van der Waals surface area contributed by atoms with E-state index in [0.717, 1.165) is 4.47 Å². The van der Waals surface area contributed by atoms with Crippen LogP contribution in [0.2, 0.25) is 0 Å². The molecule has 1 aliphatic rings. The van der Waals surface area contributed by atoms with Gasteiger partial charge in [0.2, 0.25) is 5.88 Å². The molecule has 1 aromatic rings. The quantitative estimate of drug-likeness (QED) is 0.639. The average Bonchev–Trinajstić information content (AvgIpc) is 2.71. The lowest BCUT2D eigenvalue weighted by atomic mass is 10.3. The number of carbonyl (C=O) groups is 1. The van der Waals surface area contributed by atoms with Crippen LogP contribution in [0.3, 0.4) is 0 Å². The molecule has 1 amide bonds. The second-order valence-corrected chi connectivity index (χ2v) is 4.93. The van der Waals surface area contributed by atoms with Crippen molar-refractivity contribution >= 4 is 51.1 Å². The number of furan rings is 1. The molecule has 1 aromatic heterocycles. The lowest BCUT2D eigenvalue weighted by Crippen LogP contribution is -2.21. The molecular formula is C10H10BrN3O2S. The zero-order chi connectivity index (χ0) is 12.6. The summed E-state index contributed by atoms with van der Waals surface area (Å²) in [7, 11) is 3.74. The predicted molar refractivity (Wildman–Crippen MR) is 72.6 cm³/mol. The maximum absolute atomic E-state index is 11.4. The van der Waals surface area contributed by atoms with Gasteiger partial charge in [-0.25, -0.2) is 0 Å². The molecule has 7 heteroatoms. The molecule has 2 heterocycles. The summed E-state index contributed by atoms with van der Waals surface area (Å²) in [6.07, 6.45) is 1.60. The third-order valence-corrected chi connectivity index (χ3v) is 2.87. The Morgan fingerprint density at radius 1 is 1.47 bits per heavy atom. The van der Waals surface area contributed by atoms with E-state index in [1.165, 1.54) is 0 Å². The number of halogens is 1. The summed E-state index contributed by atoms with van der Waals surface area (Å²) < 4.78 is 6.39. The third-order valence-electron chi connectivity index (χ3n) is 2.10. The van der Waals surface area contributed by atoms with Gasteiger partial charge in [-0.3, -0.25) is 10.1 Å². The molecule has 0 aliphatic carbocycles. The topological polar surface area (TPSA) is 57.5 Å². The Hall–Kier alpha value is -1.34. The number of thiocarbonyl (C=S) groups is 1. The maximum atomic E-state index is 11.4. The van der Waals surface area contributed by atoms with Crippen LogP contribution in [0.25, 0.3) is 6.08 Å². The summed E-state index contributed by atoms with van der Waals surface area (Å²) in [6.45, 7) is 0. The minimum Gasteiger partial charge on any atom is -0.440 e. The molecule has 1 aliphatic heterocycles. The van der Waals surface area contributed by atoms with Crippen LogP contribution in [0.1, 0.15) is 5.76 Å². The van der Waals surface area contributed by atoms with Crippen LogP contribution in [0.15, 0.2) is 20.7 Å². The lowest BCUT2D eigenvalue weighted by Gasteiger charge is -2.07. The first kappa shape index (κ1) is 12.1. The van der Waals surface area contributed by atoms with Crippen molar-refractivity contribution < 1.29 is 9.21 Å². The fourth-order valence-electron chi connectivity index (χ4n) is 1.38. The van der Waals surface area contributed by atoms with E-state index in [4.69, 9.17) is 16.6 Å². The summed E-state index contributed by atoms with van der Waals surface area (Å²) in [5.74, 6) is 1.01. The van der Waals surface area contributed by atoms with Gasteiger partial charge in [0.25, 0.3) is 5.91 Å². The van der Waals surface area contributed by atoms with E-state index in [0.29, 0.717) is 22.5 Å². The molecule has 0 radical (unpaired) electrons. The van der Waals surface area contributed by atoms with E-state index < -0.39 is 0 Å². The Bertz CT molecular complexity index is 522. The minimum atomic E-state index is -0.256. The molecule has 0 spiro atoms. The molecule has 1 fully saturated rings. The SMILES string of the molecule is CN(C)c1oc(C=C2NC(=S)NC2=O)cc1Br. The van der Waals surface area contributed by atoms with E-state index in [2.05, 4.69) is 26.6 Å². The first-order valence-corrected chi connectivity index (χ1v) is 5.98. The molecule has 1 saturated heterocycles. The number of carbonyl (C=O) groups excluding carboxylic acids is 1. The van der Waals surface area contributed by atoms with Crippen molar-refractivity contribution in [3.05, 3.63) is 22.0 Å². The van der Waals surface area contributed by atoms with E-state index in [-0.39, 0.29) is 5.91 Å². The van der Waals surface area contributed by atoms with E-state index in [9.17, 15) is 4.79 Å². The van der Waals surface area contributed by atoms with Gasteiger partial charge in [0.1, 0.15) is 11.5 Å². The van der Waals surface area contributed by atoms with Crippen molar-refractivity contribution in [2.75, 3.05) is 19.0 Å². The van der Waals surface area contributed by atoms with E-state index in [1.807, 2.05) is 19.0 Å². The molecular weight excluding hydrogens is 306 g/mol. The number of hydrogen-bond donors (Lipinski definition) is 2. The van der Waals surface area contributed by atoms with Crippen molar-refractivity contribution in [3.8, 4) is 0 Å². The maximum Gasteiger partial charge on any atom is 0.274 e. The summed E-state index contributed by atoms with van der Waals surface area (Å²) in [5, 5.41) is 5.54. The monoisotopic (exact) mass is 315 g/mol. The highest BCUT2D eigenvalue weighted by Crippen LogP contribution is 2.29. The molecule has 90 valence electrons. The number of amides is 1. The smallest absolute Gasteiger partial charge is 0.274 e. The zero-order valence-electron chi connectivity index (χ0n) is 9.20. The van der Waals surface area contributed by atoms with Crippen LogP contribution >= 0.6 is 28.1 Å². The van der Waals surface area contributed by atoms with Crippen LogP contribution in [0.5, 0.6) is 0 Å². The van der Waals surface area contributed by atoms with Gasteiger partial charge in [-0.2, -0.15) is 0 Å². The largest absolute Gasteiger partial charge is 0.440 e. The van der Waals surface area contributed by atoms with Gasteiger partial charge in [-0.15, -0.1) is 0 Å². The van der Waals surface area contributed by atoms with E-state index in [1.54, 1.807) is 12.1 Å². The Morgan fingerprint density at radius 2 is 2.18 bits per heavy atom. The second kappa shape index (κ2) is 4.50. The summed E-state index contributed by atoms with van der Waals surface area (Å²) in [4.78, 5) is 13.3. The molecule has 0 unspecified atom stereocenters. The Morgan fingerprint density at radius 3 is 2.65 bits per heavy atom. The highest BCUT2D eigenvalue weighted by molar-refractivity contribution is 9.10. The number of nitrogens with zero attached hydrogens (tertiary/aromatic N) is 1. The van der Waals surface area contributed by atoms with Gasteiger partial charge < -0.3 is 14.6 Å². The minimum absolute atomic E-state index is 0.256. The van der Waals surface area contributed by atoms with Crippen molar-refractivity contribution in [2.24, 2.45) is 0 Å². The molecule has 0 aromatic carbocycles. The number of hydrogen-bond acceptors (Lipinski definition) is 4. The summed E-state index contributed by atoms with van der Waals surface area (Å²) in [5.41, 5.74) is 0.376. The molecule has 2 rings (SSSR count). The molecule has 2 N–H and O–H groups in total. The molecule has 0 atom stereocenters. The highest BCUT2D eigenvalue weighted by atomic mass is 79.9. The predicted octanol–water partition coefficient (Wildman–Crippen LogP) is 1.45. The third kappa shape index (κ3) is 2.50. The number of anilines is 1. The first-order chi connectivity index (χ1) is 7.97. The van der Waals surface area contributed by atoms with Crippen LogP contribution < -0.4 is 15.5 Å². The normalized spacial score (nSPS) is 17.2. The summed E-state index contributed by atoms with van der Waals surface area (Å²) in [6, 6.07) is 1.79. The van der Waals surface area contributed by atoms with Crippen molar-refractivity contribution in [3.63, 3.8) is 0 Å². The van der Waals surface area contributed by atoms with Crippen LogP contribution in [0, 0.1) is 0 Å². The lowest BCUT2D eigenvalue weighted by molar-refractivity contribution is -0.115. The molecule has 0 bridgehead atoms. The van der Waals surface area contributed by atoms with Gasteiger partial charge in [0, 0.05) is 26.2 Å². The number of nitrogens with one attached hydrogen (secondary N) is 2. The Balaban J connectivity index is 2.30. The van der Waals surface area contributed by atoms with Crippen LogP contribution in [-0.2, 0) is 4.79 Å². The van der Waals surface area contributed by atoms with E-state index >= 15 is 0 Å². The van der Waals surface area contributed by atoms with Gasteiger partial charge >= 0.3 is 0 Å². The highest BCUT2D eigenvalue weighted by Gasteiger charge is 2.21. The fourth-order valence-corrected chi connectivity index (χ4v) is 2.24. The first-order valence-electron chi connectivity index (χ1n) is 4.78. The van der Waals surface area contributed by atoms with Crippen LogP contribution in [-0.4, -0.2) is 25.1 Å². The van der Waals surface area contributed by atoms with Gasteiger partial charge in [-0.1, -0.05) is 0 Å².